The molecule has 7 heteroatoms. The first kappa shape index (κ1) is 14.5. The Balaban J connectivity index is 2.32. The summed E-state index contributed by atoms with van der Waals surface area (Å²) in [4.78, 5) is 8.87. The van der Waals surface area contributed by atoms with Gasteiger partial charge in [-0.2, -0.15) is 12.6 Å². The van der Waals surface area contributed by atoms with Gasteiger partial charge in [-0.1, -0.05) is 6.07 Å². The number of aromatic nitrogens is 3. The van der Waals surface area contributed by atoms with Gasteiger partial charge in [0.05, 0.1) is 6.61 Å². The van der Waals surface area contributed by atoms with Crippen LogP contribution in [0.3, 0.4) is 0 Å². The standard InChI is InChI=1S/C11H11I2N3OS/c12-9-10(13)16(7-17-5-6-18)11(15-9)8-3-1-2-4-14-8/h1-4,18H,5-7H2. The van der Waals surface area contributed by atoms with E-state index in [9.17, 15) is 0 Å². The summed E-state index contributed by atoms with van der Waals surface area (Å²) in [6.45, 7) is 1.09. The van der Waals surface area contributed by atoms with E-state index in [4.69, 9.17) is 4.74 Å². The molecule has 18 heavy (non-hydrogen) atoms. The molecule has 2 aromatic heterocycles. The van der Waals surface area contributed by atoms with Crippen molar-refractivity contribution in [3.63, 3.8) is 0 Å². The molecule has 0 unspecified atom stereocenters. The van der Waals surface area contributed by atoms with Crippen LogP contribution in [-0.2, 0) is 11.5 Å². The lowest BCUT2D eigenvalue weighted by atomic mass is 10.3. The van der Waals surface area contributed by atoms with Gasteiger partial charge in [-0.25, -0.2) is 4.98 Å². The van der Waals surface area contributed by atoms with Crippen molar-refractivity contribution in [1.29, 1.82) is 0 Å². The summed E-state index contributed by atoms with van der Waals surface area (Å²) in [5.74, 6) is 1.55. The van der Waals surface area contributed by atoms with Gasteiger partial charge in [-0.05, 0) is 57.3 Å². The number of imidazole rings is 1. The van der Waals surface area contributed by atoms with Gasteiger partial charge in [0.1, 0.15) is 19.8 Å². The number of rotatable bonds is 5. The van der Waals surface area contributed by atoms with E-state index in [1.165, 1.54) is 0 Å². The van der Waals surface area contributed by atoms with Crippen molar-refractivity contribution in [2.24, 2.45) is 0 Å². The van der Waals surface area contributed by atoms with E-state index >= 15 is 0 Å². The number of nitrogens with zero attached hydrogens (tertiary/aromatic N) is 3. The van der Waals surface area contributed by atoms with Gasteiger partial charge < -0.3 is 4.74 Å². The summed E-state index contributed by atoms with van der Waals surface area (Å²) in [5, 5.41) is 0. The fourth-order valence-electron chi connectivity index (χ4n) is 1.43. The summed E-state index contributed by atoms with van der Waals surface area (Å²) in [6, 6.07) is 5.80. The van der Waals surface area contributed by atoms with Crippen molar-refractivity contribution >= 4 is 57.8 Å². The highest BCUT2D eigenvalue weighted by molar-refractivity contribution is 14.1. The largest absolute Gasteiger partial charge is 0.360 e. The molecule has 4 nitrogen and oxygen atoms in total. The van der Waals surface area contributed by atoms with Gasteiger partial charge in [0.2, 0.25) is 0 Å². The lowest BCUT2D eigenvalue weighted by Gasteiger charge is -2.08. The lowest BCUT2D eigenvalue weighted by molar-refractivity contribution is 0.0894. The molecule has 2 aromatic rings. The fourth-order valence-corrected chi connectivity index (χ4v) is 2.57. The molecular formula is C11H11I2N3OS. The predicted molar refractivity (Wildman–Crippen MR) is 90.7 cm³/mol. The molecule has 0 aromatic carbocycles. The minimum absolute atomic E-state index is 0.473. The van der Waals surface area contributed by atoms with Gasteiger partial charge in [0, 0.05) is 11.9 Å². The van der Waals surface area contributed by atoms with Crippen molar-refractivity contribution in [2.45, 2.75) is 6.73 Å². The van der Waals surface area contributed by atoms with Crippen molar-refractivity contribution in [3.05, 3.63) is 31.8 Å². The molecule has 0 aliphatic heterocycles. The number of hydrogen-bond donors (Lipinski definition) is 1. The molecule has 0 bridgehead atoms. The van der Waals surface area contributed by atoms with Gasteiger partial charge in [0.25, 0.3) is 0 Å². The molecule has 0 N–H and O–H groups in total. The van der Waals surface area contributed by atoms with Crippen LogP contribution in [-0.4, -0.2) is 26.9 Å². The molecule has 0 atom stereocenters. The predicted octanol–water partition coefficient (Wildman–Crippen LogP) is 3.06. The molecule has 2 heterocycles. The van der Waals surface area contributed by atoms with Gasteiger partial charge in [0.15, 0.2) is 5.82 Å². The molecule has 0 aliphatic rings. The van der Waals surface area contributed by atoms with E-state index in [2.05, 4.69) is 67.8 Å². The Bertz CT molecular complexity index is 519. The van der Waals surface area contributed by atoms with E-state index in [0.29, 0.717) is 19.1 Å². The highest BCUT2D eigenvalue weighted by atomic mass is 127. The van der Waals surface area contributed by atoms with Crippen LogP contribution >= 0.6 is 57.8 Å². The average molecular weight is 487 g/mol. The second-order valence-corrected chi connectivity index (χ2v) is 5.91. The number of thiol groups is 1. The number of halogens is 2. The van der Waals surface area contributed by atoms with Crippen LogP contribution in [0.1, 0.15) is 0 Å². The third-order valence-corrected chi connectivity index (χ3v) is 5.28. The van der Waals surface area contributed by atoms with Crippen LogP contribution in [0.4, 0.5) is 0 Å². The highest BCUT2D eigenvalue weighted by Gasteiger charge is 2.15. The molecule has 0 fully saturated rings. The Morgan fingerprint density at radius 1 is 1.33 bits per heavy atom. The number of ether oxygens (including phenoxy) is 1. The minimum atomic E-state index is 0.473. The molecule has 0 amide bonds. The molecule has 0 radical (unpaired) electrons. The van der Waals surface area contributed by atoms with Crippen LogP contribution < -0.4 is 0 Å². The second kappa shape index (κ2) is 7.06. The van der Waals surface area contributed by atoms with Crippen molar-refractivity contribution in [3.8, 4) is 11.5 Å². The van der Waals surface area contributed by atoms with Crippen LogP contribution in [0.15, 0.2) is 24.4 Å². The SMILES string of the molecule is SCCOCn1c(-c2ccccn2)nc(I)c1I. The maximum absolute atomic E-state index is 5.54. The number of hydrogen-bond acceptors (Lipinski definition) is 4. The average Bonchev–Trinajstić information content (AvgIpc) is 2.68. The van der Waals surface area contributed by atoms with E-state index in [0.717, 1.165) is 18.9 Å². The third-order valence-electron chi connectivity index (χ3n) is 2.22. The molecule has 0 aliphatic carbocycles. The summed E-state index contributed by atoms with van der Waals surface area (Å²) in [7, 11) is 0. The zero-order valence-corrected chi connectivity index (χ0v) is 14.6. The molecular weight excluding hydrogens is 476 g/mol. The first-order valence-electron chi connectivity index (χ1n) is 5.25. The van der Waals surface area contributed by atoms with E-state index in [-0.39, 0.29) is 0 Å². The maximum Gasteiger partial charge on any atom is 0.162 e. The monoisotopic (exact) mass is 487 g/mol. The summed E-state index contributed by atoms with van der Waals surface area (Å²) >= 11 is 8.62. The normalized spacial score (nSPS) is 10.8. The molecule has 0 saturated carbocycles. The van der Waals surface area contributed by atoms with Crippen molar-refractivity contribution in [2.75, 3.05) is 12.4 Å². The molecule has 96 valence electrons. The quantitative estimate of drug-likeness (QED) is 0.401. The highest BCUT2D eigenvalue weighted by Crippen LogP contribution is 2.23. The maximum atomic E-state index is 5.54. The first-order chi connectivity index (χ1) is 8.74. The van der Waals surface area contributed by atoms with E-state index in [1.807, 2.05) is 22.8 Å². The Morgan fingerprint density at radius 2 is 2.17 bits per heavy atom. The zero-order chi connectivity index (χ0) is 13.0. The zero-order valence-electron chi connectivity index (χ0n) is 9.38. The topological polar surface area (TPSA) is 39.9 Å². The van der Waals surface area contributed by atoms with Crippen LogP contribution in [0.2, 0.25) is 0 Å². The summed E-state index contributed by atoms with van der Waals surface area (Å²) in [5.41, 5.74) is 0.854. The third kappa shape index (κ3) is 3.36. The lowest BCUT2D eigenvalue weighted by Crippen LogP contribution is -2.08. The minimum Gasteiger partial charge on any atom is -0.360 e. The van der Waals surface area contributed by atoms with Crippen LogP contribution in [0.25, 0.3) is 11.5 Å². The van der Waals surface area contributed by atoms with E-state index in [1.54, 1.807) is 6.20 Å². The molecule has 2 rings (SSSR count). The first-order valence-corrected chi connectivity index (χ1v) is 8.04. The van der Waals surface area contributed by atoms with E-state index < -0.39 is 0 Å². The Morgan fingerprint density at radius 3 is 2.83 bits per heavy atom. The van der Waals surface area contributed by atoms with Gasteiger partial charge >= 0.3 is 0 Å². The smallest absolute Gasteiger partial charge is 0.162 e. The van der Waals surface area contributed by atoms with Crippen LogP contribution in [0.5, 0.6) is 0 Å². The van der Waals surface area contributed by atoms with Gasteiger partial charge in [-0.15, -0.1) is 0 Å². The Hall–Kier alpha value is 0.130. The summed E-state index contributed by atoms with van der Waals surface area (Å²) in [6.07, 6.45) is 1.77. The fraction of sp³-hybridized carbons (Fsp3) is 0.273. The molecule has 0 saturated heterocycles. The second-order valence-electron chi connectivity index (χ2n) is 3.42. The van der Waals surface area contributed by atoms with Crippen LogP contribution in [0, 0.1) is 7.40 Å². The number of pyridine rings is 1. The Labute approximate surface area is 138 Å². The van der Waals surface area contributed by atoms with Crippen molar-refractivity contribution in [1.82, 2.24) is 14.5 Å². The molecule has 0 spiro atoms. The van der Waals surface area contributed by atoms with Gasteiger partial charge in [-0.3, -0.25) is 9.55 Å². The summed E-state index contributed by atoms with van der Waals surface area (Å²) < 4.78 is 9.58. The Kier molecular flexibility index (Phi) is 5.70. The van der Waals surface area contributed by atoms with Crippen molar-refractivity contribution < 1.29 is 4.74 Å².